The zero-order valence-electron chi connectivity index (χ0n) is 13.4. The van der Waals surface area contributed by atoms with Crippen molar-refractivity contribution in [2.75, 3.05) is 17.4 Å². The molecule has 3 aromatic rings. The summed E-state index contributed by atoms with van der Waals surface area (Å²) in [4.78, 5) is 4.21. The second-order valence-corrected chi connectivity index (χ2v) is 5.46. The molecule has 0 amide bonds. The Labute approximate surface area is 147 Å². The van der Waals surface area contributed by atoms with E-state index in [-0.39, 0.29) is 18.4 Å². The van der Waals surface area contributed by atoms with Gasteiger partial charge in [-0.05, 0) is 29.8 Å². The minimum atomic E-state index is -0.743. The molecule has 26 heavy (non-hydrogen) atoms. The number of aromatic nitrogens is 3. The quantitative estimate of drug-likeness (QED) is 0.725. The van der Waals surface area contributed by atoms with Gasteiger partial charge >= 0.3 is 0 Å². The highest BCUT2D eigenvalue weighted by molar-refractivity contribution is 5.55. The van der Waals surface area contributed by atoms with Crippen molar-refractivity contribution in [3.05, 3.63) is 59.8 Å². The van der Waals surface area contributed by atoms with E-state index in [1.165, 1.54) is 12.3 Å². The predicted octanol–water partition coefficient (Wildman–Crippen LogP) is 3.23. The number of nitrogens with zero attached hydrogens (tertiary/aromatic N) is 3. The summed E-state index contributed by atoms with van der Waals surface area (Å²) in [5.74, 6) is 0.539. The van der Waals surface area contributed by atoms with Gasteiger partial charge in [0.1, 0.15) is 11.6 Å². The number of anilines is 3. The van der Waals surface area contributed by atoms with Crippen LogP contribution in [0.25, 0.3) is 0 Å². The summed E-state index contributed by atoms with van der Waals surface area (Å²) >= 11 is 0. The number of nitrogens with one attached hydrogen (secondary N) is 2. The molecule has 2 N–H and O–H groups in total. The van der Waals surface area contributed by atoms with Crippen LogP contribution < -0.4 is 20.1 Å². The number of benzene rings is 2. The zero-order chi connectivity index (χ0) is 17.9. The van der Waals surface area contributed by atoms with Crippen LogP contribution in [0.4, 0.5) is 26.2 Å². The first-order chi connectivity index (χ1) is 12.7. The van der Waals surface area contributed by atoms with Crippen LogP contribution >= 0.6 is 0 Å². The van der Waals surface area contributed by atoms with E-state index in [0.717, 1.165) is 17.7 Å². The molecule has 132 valence electrons. The summed E-state index contributed by atoms with van der Waals surface area (Å²) < 4.78 is 37.3. The van der Waals surface area contributed by atoms with Crippen LogP contribution in [0.2, 0.25) is 0 Å². The molecule has 9 heteroatoms. The Morgan fingerprint density at radius 2 is 1.92 bits per heavy atom. The Morgan fingerprint density at radius 1 is 1.04 bits per heavy atom. The van der Waals surface area contributed by atoms with Crippen LogP contribution in [-0.4, -0.2) is 22.0 Å². The average molecular weight is 357 g/mol. The molecule has 0 saturated carbocycles. The highest BCUT2D eigenvalue weighted by Gasteiger charge is 2.13. The average Bonchev–Trinajstić information content (AvgIpc) is 3.10. The molecular weight excluding hydrogens is 344 g/mol. The fraction of sp³-hybridized carbons (Fsp3) is 0.118. The van der Waals surface area contributed by atoms with Crippen molar-refractivity contribution in [1.82, 2.24) is 15.2 Å². The molecule has 0 unspecified atom stereocenters. The van der Waals surface area contributed by atoms with Crippen LogP contribution in [0.5, 0.6) is 11.5 Å². The van der Waals surface area contributed by atoms with Crippen molar-refractivity contribution in [2.45, 2.75) is 6.54 Å². The lowest BCUT2D eigenvalue weighted by Gasteiger charge is -2.09. The number of fused-ring (bicyclic) bond motifs is 1. The fourth-order valence-electron chi connectivity index (χ4n) is 2.40. The van der Waals surface area contributed by atoms with Gasteiger partial charge in [-0.1, -0.05) is 6.07 Å². The zero-order valence-corrected chi connectivity index (χ0v) is 13.4. The highest BCUT2D eigenvalue weighted by Crippen LogP contribution is 2.32. The van der Waals surface area contributed by atoms with Crippen LogP contribution in [0, 0.1) is 11.6 Å². The lowest BCUT2D eigenvalue weighted by atomic mass is 10.2. The van der Waals surface area contributed by atoms with Crippen molar-refractivity contribution >= 4 is 17.5 Å². The van der Waals surface area contributed by atoms with Gasteiger partial charge in [0.05, 0.1) is 11.9 Å². The van der Waals surface area contributed by atoms with Crippen molar-refractivity contribution in [3.8, 4) is 11.5 Å². The maximum atomic E-state index is 13.7. The Hall–Kier alpha value is -3.49. The first kappa shape index (κ1) is 16.0. The van der Waals surface area contributed by atoms with Gasteiger partial charge in [-0.15, -0.1) is 5.10 Å². The monoisotopic (exact) mass is 357 g/mol. The van der Waals surface area contributed by atoms with Gasteiger partial charge in [0, 0.05) is 12.6 Å². The van der Waals surface area contributed by atoms with Gasteiger partial charge in [0.15, 0.2) is 17.3 Å². The molecule has 2 heterocycles. The summed E-state index contributed by atoms with van der Waals surface area (Å²) in [6, 6.07) is 8.79. The second-order valence-electron chi connectivity index (χ2n) is 5.46. The van der Waals surface area contributed by atoms with Crippen LogP contribution in [0.15, 0.2) is 42.6 Å². The van der Waals surface area contributed by atoms with Crippen LogP contribution in [0.3, 0.4) is 0 Å². The minimum absolute atomic E-state index is 0.0566. The Balaban J connectivity index is 1.44. The van der Waals surface area contributed by atoms with E-state index >= 15 is 0 Å². The number of rotatable bonds is 5. The molecule has 0 saturated heterocycles. The van der Waals surface area contributed by atoms with E-state index < -0.39 is 11.6 Å². The summed E-state index contributed by atoms with van der Waals surface area (Å²) in [6.07, 6.45) is 1.44. The summed E-state index contributed by atoms with van der Waals surface area (Å²) in [5, 5.41) is 13.4. The van der Waals surface area contributed by atoms with Gasteiger partial charge < -0.3 is 20.1 Å². The molecule has 0 atom stereocenters. The largest absolute Gasteiger partial charge is 0.454 e. The van der Waals surface area contributed by atoms with E-state index in [9.17, 15) is 8.78 Å². The second kappa shape index (κ2) is 6.79. The molecule has 0 radical (unpaired) electrons. The van der Waals surface area contributed by atoms with E-state index in [2.05, 4.69) is 25.8 Å². The number of hydrogen-bond donors (Lipinski definition) is 2. The molecule has 1 aliphatic rings. The third kappa shape index (κ3) is 3.46. The normalized spacial score (nSPS) is 12.1. The molecule has 2 aromatic carbocycles. The van der Waals surface area contributed by atoms with Crippen molar-refractivity contribution < 1.29 is 18.3 Å². The molecule has 0 aliphatic carbocycles. The van der Waals surface area contributed by atoms with Crippen LogP contribution in [0.1, 0.15) is 5.56 Å². The third-order valence-electron chi connectivity index (χ3n) is 3.65. The SMILES string of the molecule is Fc1ccc(Nc2nncc(NCc3ccc4c(c3)OCO4)n2)c(F)c1. The van der Waals surface area contributed by atoms with Crippen molar-refractivity contribution in [2.24, 2.45) is 0 Å². The first-order valence-corrected chi connectivity index (χ1v) is 7.71. The first-order valence-electron chi connectivity index (χ1n) is 7.71. The van der Waals surface area contributed by atoms with Crippen molar-refractivity contribution in [3.63, 3.8) is 0 Å². The molecule has 7 nitrogen and oxygen atoms in total. The van der Waals surface area contributed by atoms with E-state index in [4.69, 9.17) is 9.47 Å². The van der Waals surface area contributed by atoms with Crippen molar-refractivity contribution in [1.29, 1.82) is 0 Å². The highest BCUT2D eigenvalue weighted by atomic mass is 19.1. The van der Waals surface area contributed by atoms with E-state index in [0.29, 0.717) is 23.9 Å². The Bertz CT molecular complexity index is 954. The lowest BCUT2D eigenvalue weighted by molar-refractivity contribution is 0.174. The Morgan fingerprint density at radius 3 is 2.81 bits per heavy atom. The lowest BCUT2D eigenvalue weighted by Crippen LogP contribution is -2.06. The molecule has 0 bridgehead atoms. The Kier molecular flexibility index (Phi) is 4.18. The molecule has 1 aliphatic heterocycles. The minimum Gasteiger partial charge on any atom is -0.454 e. The maximum absolute atomic E-state index is 13.7. The van der Waals surface area contributed by atoms with Gasteiger partial charge in [-0.25, -0.2) is 8.78 Å². The third-order valence-corrected chi connectivity index (χ3v) is 3.65. The topological polar surface area (TPSA) is 81.2 Å². The molecule has 4 rings (SSSR count). The van der Waals surface area contributed by atoms with Gasteiger partial charge in [-0.3, -0.25) is 0 Å². The van der Waals surface area contributed by atoms with Gasteiger partial charge in [0.25, 0.3) is 0 Å². The van der Waals surface area contributed by atoms with E-state index in [1.54, 1.807) is 0 Å². The predicted molar refractivity (Wildman–Crippen MR) is 89.4 cm³/mol. The summed E-state index contributed by atoms with van der Waals surface area (Å²) in [7, 11) is 0. The van der Waals surface area contributed by atoms with Gasteiger partial charge in [0.2, 0.25) is 12.7 Å². The molecule has 0 fully saturated rings. The smallest absolute Gasteiger partial charge is 0.249 e. The summed E-state index contributed by atoms with van der Waals surface area (Å²) in [5.41, 5.74) is 1.02. The van der Waals surface area contributed by atoms with Gasteiger partial charge in [-0.2, -0.15) is 10.1 Å². The standard InChI is InChI=1S/C17H13F2N5O2/c18-11-2-3-13(12(19)6-11)22-17-23-16(8-21-24-17)20-7-10-1-4-14-15(5-10)26-9-25-14/h1-6,8H,7,9H2,(H2,20,22,23,24). The number of hydrogen-bond acceptors (Lipinski definition) is 7. The number of ether oxygens (including phenoxy) is 2. The number of halogens is 2. The van der Waals surface area contributed by atoms with Crippen LogP contribution in [-0.2, 0) is 6.54 Å². The molecule has 0 spiro atoms. The molecular formula is C17H13F2N5O2. The molecule has 1 aromatic heterocycles. The summed E-state index contributed by atoms with van der Waals surface area (Å²) in [6.45, 7) is 0.691. The maximum Gasteiger partial charge on any atom is 0.249 e. The van der Waals surface area contributed by atoms with E-state index in [1.807, 2.05) is 18.2 Å². The fourth-order valence-corrected chi connectivity index (χ4v) is 2.40.